The first-order valence-corrected chi connectivity index (χ1v) is 12.5. The van der Waals surface area contributed by atoms with E-state index in [2.05, 4.69) is 5.10 Å². The van der Waals surface area contributed by atoms with Crippen molar-refractivity contribution < 1.29 is 17.6 Å². The minimum absolute atomic E-state index is 0.0572. The highest BCUT2D eigenvalue weighted by Gasteiger charge is 2.25. The Morgan fingerprint density at radius 3 is 2.56 bits per heavy atom. The molecule has 1 aromatic carbocycles. The number of hydrogen-bond donors (Lipinski definition) is 0. The van der Waals surface area contributed by atoms with Gasteiger partial charge in [0, 0.05) is 12.7 Å². The predicted molar refractivity (Wildman–Crippen MR) is 121 cm³/mol. The number of hydrogen-bond acceptors (Lipinski definition) is 5. The lowest BCUT2D eigenvalue weighted by Crippen LogP contribution is -2.32. The quantitative estimate of drug-likeness (QED) is 0.519. The normalized spacial score (nSPS) is 13.5. The average molecular weight is 456 g/mol. The summed E-state index contributed by atoms with van der Waals surface area (Å²) in [5, 5.41) is 4.18. The van der Waals surface area contributed by atoms with Gasteiger partial charge in [0.05, 0.1) is 41.6 Å². The summed E-state index contributed by atoms with van der Waals surface area (Å²) in [4.78, 5) is 15.3. The van der Waals surface area contributed by atoms with Crippen molar-refractivity contribution in [3.63, 3.8) is 0 Å². The molecule has 2 heterocycles. The van der Waals surface area contributed by atoms with E-state index < -0.39 is 15.1 Å². The van der Waals surface area contributed by atoms with Crippen LogP contribution >= 0.6 is 0 Å². The molecule has 170 valence electrons. The van der Waals surface area contributed by atoms with E-state index in [0.29, 0.717) is 18.8 Å². The lowest BCUT2D eigenvalue weighted by molar-refractivity contribution is -0.132. The van der Waals surface area contributed by atoms with Crippen LogP contribution in [-0.4, -0.2) is 34.3 Å². The maximum atomic E-state index is 13.3. The SMILES string of the molecule is CC(C)S(=O)(=O)c1ccc(CC(=O)N(Cc2ccco2)Cc2nn(C)c3c2CCC3)cc1. The van der Waals surface area contributed by atoms with Crippen molar-refractivity contribution in [1.29, 1.82) is 0 Å². The lowest BCUT2D eigenvalue weighted by atomic mass is 10.1. The molecular formula is C24H29N3O4S. The van der Waals surface area contributed by atoms with Crippen LogP contribution in [0.2, 0.25) is 0 Å². The molecule has 1 aliphatic carbocycles. The van der Waals surface area contributed by atoms with Crippen molar-refractivity contribution >= 4 is 15.7 Å². The number of amides is 1. The summed E-state index contributed by atoms with van der Waals surface area (Å²) in [6.07, 6.45) is 4.91. The Labute approximate surface area is 189 Å². The average Bonchev–Trinajstić information content (AvgIpc) is 3.49. The van der Waals surface area contributed by atoms with Gasteiger partial charge in [-0.25, -0.2) is 8.42 Å². The van der Waals surface area contributed by atoms with E-state index >= 15 is 0 Å². The number of rotatable bonds is 8. The topological polar surface area (TPSA) is 85.4 Å². The van der Waals surface area contributed by atoms with Crippen molar-refractivity contribution in [2.24, 2.45) is 7.05 Å². The molecule has 2 aromatic heterocycles. The smallest absolute Gasteiger partial charge is 0.227 e. The largest absolute Gasteiger partial charge is 0.467 e. The van der Waals surface area contributed by atoms with E-state index in [-0.39, 0.29) is 17.2 Å². The van der Waals surface area contributed by atoms with Gasteiger partial charge < -0.3 is 9.32 Å². The fraction of sp³-hybridized carbons (Fsp3) is 0.417. The summed E-state index contributed by atoms with van der Waals surface area (Å²) < 4.78 is 32.1. The van der Waals surface area contributed by atoms with Crippen molar-refractivity contribution in [2.45, 2.75) is 62.8 Å². The Morgan fingerprint density at radius 2 is 1.91 bits per heavy atom. The third kappa shape index (κ3) is 4.50. The van der Waals surface area contributed by atoms with Gasteiger partial charge in [-0.3, -0.25) is 9.48 Å². The van der Waals surface area contributed by atoms with E-state index in [0.717, 1.165) is 30.5 Å². The van der Waals surface area contributed by atoms with E-state index in [1.165, 1.54) is 11.3 Å². The van der Waals surface area contributed by atoms with Crippen molar-refractivity contribution in [2.75, 3.05) is 0 Å². The molecule has 1 aliphatic rings. The molecule has 8 heteroatoms. The van der Waals surface area contributed by atoms with E-state index in [9.17, 15) is 13.2 Å². The molecule has 0 fully saturated rings. The first-order valence-electron chi connectivity index (χ1n) is 10.9. The van der Waals surface area contributed by atoms with Gasteiger partial charge in [0.1, 0.15) is 5.76 Å². The third-order valence-electron chi connectivity index (χ3n) is 6.05. The van der Waals surface area contributed by atoms with Gasteiger partial charge in [0.25, 0.3) is 0 Å². The molecule has 1 amide bonds. The fourth-order valence-corrected chi connectivity index (χ4v) is 5.24. The minimum atomic E-state index is -3.34. The molecule has 0 spiro atoms. The molecule has 0 bridgehead atoms. The van der Waals surface area contributed by atoms with Crippen LogP contribution in [0.1, 0.15) is 48.5 Å². The standard InChI is InChI=1S/C24H29N3O4S/c1-17(2)32(29,30)20-11-9-18(10-12-20)14-24(28)27(15-19-6-5-13-31-19)16-22-21-7-4-8-23(21)26(3)25-22/h5-6,9-13,17H,4,7-8,14-16H2,1-3H3. The second-order valence-electron chi connectivity index (χ2n) is 8.59. The van der Waals surface area contributed by atoms with Crippen molar-refractivity contribution in [1.82, 2.24) is 14.7 Å². The molecule has 0 atom stereocenters. The van der Waals surface area contributed by atoms with E-state index in [1.807, 2.05) is 23.9 Å². The number of sulfone groups is 1. The minimum Gasteiger partial charge on any atom is -0.467 e. The Kier molecular flexibility index (Phi) is 6.24. The molecule has 0 radical (unpaired) electrons. The van der Waals surface area contributed by atoms with E-state index in [1.54, 1.807) is 49.3 Å². The van der Waals surface area contributed by atoms with Gasteiger partial charge in [-0.2, -0.15) is 5.10 Å². The second kappa shape index (κ2) is 8.94. The van der Waals surface area contributed by atoms with Crippen LogP contribution in [0.15, 0.2) is 52.0 Å². The number of nitrogens with zero attached hydrogens (tertiary/aromatic N) is 3. The summed E-state index contributed by atoms with van der Waals surface area (Å²) in [6.45, 7) is 4.10. The van der Waals surface area contributed by atoms with Crippen LogP contribution in [0.5, 0.6) is 0 Å². The number of benzene rings is 1. The van der Waals surface area contributed by atoms with Gasteiger partial charge in [-0.05, 0) is 68.5 Å². The molecule has 32 heavy (non-hydrogen) atoms. The first-order chi connectivity index (χ1) is 15.3. The second-order valence-corrected chi connectivity index (χ2v) is 11.1. The summed E-state index contributed by atoms with van der Waals surface area (Å²) in [6, 6.07) is 10.3. The van der Waals surface area contributed by atoms with Gasteiger partial charge in [-0.1, -0.05) is 12.1 Å². The highest BCUT2D eigenvalue weighted by Crippen LogP contribution is 2.26. The molecule has 0 saturated carbocycles. The monoisotopic (exact) mass is 455 g/mol. The number of aromatic nitrogens is 2. The first kappa shape index (κ1) is 22.3. The Hall–Kier alpha value is -2.87. The van der Waals surface area contributed by atoms with Gasteiger partial charge >= 0.3 is 0 Å². The Balaban J connectivity index is 1.53. The zero-order chi connectivity index (χ0) is 22.9. The number of furan rings is 1. The van der Waals surface area contributed by atoms with Gasteiger partial charge in [-0.15, -0.1) is 0 Å². The lowest BCUT2D eigenvalue weighted by Gasteiger charge is -2.21. The molecular weight excluding hydrogens is 426 g/mol. The maximum Gasteiger partial charge on any atom is 0.227 e. The zero-order valence-corrected chi connectivity index (χ0v) is 19.6. The third-order valence-corrected chi connectivity index (χ3v) is 8.22. The van der Waals surface area contributed by atoms with Crippen LogP contribution in [0, 0.1) is 0 Å². The molecule has 3 aromatic rings. The van der Waals surface area contributed by atoms with Crippen LogP contribution in [0.4, 0.5) is 0 Å². The fourth-order valence-electron chi connectivity index (χ4n) is 4.18. The maximum absolute atomic E-state index is 13.3. The molecule has 0 saturated heterocycles. The van der Waals surface area contributed by atoms with Crippen LogP contribution in [0.25, 0.3) is 0 Å². The summed E-state index contributed by atoms with van der Waals surface area (Å²) >= 11 is 0. The Bertz CT molecular complexity index is 1190. The van der Waals surface area contributed by atoms with Crippen LogP contribution in [-0.2, 0) is 54.0 Å². The molecule has 0 aliphatic heterocycles. The van der Waals surface area contributed by atoms with Crippen molar-refractivity contribution in [3.05, 3.63) is 70.9 Å². The van der Waals surface area contributed by atoms with Crippen LogP contribution in [0.3, 0.4) is 0 Å². The number of fused-ring (bicyclic) bond motifs is 1. The van der Waals surface area contributed by atoms with Gasteiger partial charge in [0.2, 0.25) is 5.91 Å². The number of carbonyl (C=O) groups is 1. The predicted octanol–water partition coefficient (Wildman–Crippen LogP) is 3.46. The van der Waals surface area contributed by atoms with Crippen molar-refractivity contribution in [3.8, 4) is 0 Å². The highest BCUT2D eigenvalue weighted by molar-refractivity contribution is 7.92. The molecule has 0 N–H and O–H groups in total. The summed E-state index contributed by atoms with van der Waals surface area (Å²) in [5.74, 6) is 0.655. The summed E-state index contributed by atoms with van der Waals surface area (Å²) in [5.41, 5.74) is 4.23. The summed E-state index contributed by atoms with van der Waals surface area (Å²) in [7, 11) is -1.38. The zero-order valence-electron chi connectivity index (χ0n) is 18.7. The van der Waals surface area contributed by atoms with Gasteiger partial charge in [0.15, 0.2) is 9.84 Å². The molecule has 7 nitrogen and oxygen atoms in total. The number of aryl methyl sites for hydroxylation is 1. The molecule has 0 unspecified atom stereocenters. The number of carbonyl (C=O) groups excluding carboxylic acids is 1. The highest BCUT2D eigenvalue weighted by atomic mass is 32.2. The molecule has 4 rings (SSSR count). The van der Waals surface area contributed by atoms with E-state index in [4.69, 9.17) is 4.42 Å². The Morgan fingerprint density at radius 1 is 1.16 bits per heavy atom. The van der Waals surface area contributed by atoms with Crippen LogP contribution < -0.4 is 0 Å².